The molecule has 2 rings (SSSR count). The molecule has 0 aliphatic heterocycles. The lowest BCUT2D eigenvalue weighted by atomic mass is 10.0. The van der Waals surface area contributed by atoms with Crippen LogP contribution in [0.1, 0.15) is 43.9 Å². The smallest absolute Gasteiger partial charge is 0.258 e. The van der Waals surface area contributed by atoms with Crippen LogP contribution in [0.3, 0.4) is 0 Å². The molecule has 1 atom stereocenters. The topological polar surface area (TPSA) is 72.5 Å². The summed E-state index contributed by atoms with van der Waals surface area (Å²) in [6, 6.07) is 13.9. The minimum absolute atomic E-state index is 0.0739. The van der Waals surface area contributed by atoms with Gasteiger partial charge in [-0.2, -0.15) is 0 Å². The van der Waals surface area contributed by atoms with Gasteiger partial charge in [-0.1, -0.05) is 44.2 Å². The first-order chi connectivity index (χ1) is 12.2. The summed E-state index contributed by atoms with van der Waals surface area (Å²) in [5, 5.41) is 2.86. The zero-order chi connectivity index (χ0) is 19.3. The molecule has 0 aliphatic rings. The SMILES string of the molecule is CC(C)c1ccccc1OCC(=O)N[C@@H](C)c1ccc(S(C)(=O)=O)cc1. The summed E-state index contributed by atoms with van der Waals surface area (Å²) in [5.41, 5.74) is 1.89. The van der Waals surface area contributed by atoms with E-state index in [1.165, 1.54) is 6.26 Å². The molecule has 0 bridgehead atoms. The lowest BCUT2D eigenvalue weighted by molar-refractivity contribution is -0.123. The number of amides is 1. The monoisotopic (exact) mass is 375 g/mol. The Balaban J connectivity index is 1.95. The highest BCUT2D eigenvalue weighted by Crippen LogP contribution is 2.25. The van der Waals surface area contributed by atoms with Crippen molar-refractivity contribution in [1.82, 2.24) is 5.32 Å². The standard InChI is InChI=1S/C20H25NO4S/c1-14(2)18-7-5-6-8-19(18)25-13-20(22)21-15(3)16-9-11-17(12-10-16)26(4,23)24/h5-12,14-15H,13H2,1-4H3,(H,21,22)/t15-/m0/s1. The highest BCUT2D eigenvalue weighted by atomic mass is 32.2. The molecule has 1 amide bonds. The largest absolute Gasteiger partial charge is 0.483 e. The fraction of sp³-hybridized carbons (Fsp3) is 0.350. The van der Waals surface area contributed by atoms with Crippen LogP contribution in [0.5, 0.6) is 5.75 Å². The number of carbonyl (C=O) groups is 1. The van der Waals surface area contributed by atoms with Gasteiger partial charge in [0.1, 0.15) is 5.75 Å². The second-order valence-electron chi connectivity index (χ2n) is 6.61. The van der Waals surface area contributed by atoms with Crippen molar-refractivity contribution < 1.29 is 17.9 Å². The molecular weight excluding hydrogens is 350 g/mol. The van der Waals surface area contributed by atoms with Gasteiger partial charge >= 0.3 is 0 Å². The lowest BCUT2D eigenvalue weighted by Crippen LogP contribution is -2.31. The average molecular weight is 375 g/mol. The van der Waals surface area contributed by atoms with Gasteiger partial charge < -0.3 is 10.1 Å². The molecule has 0 fully saturated rings. The fourth-order valence-electron chi connectivity index (χ4n) is 2.60. The van der Waals surface area contributed by atoms with Crippen molar-refractivity contribution in [2.75, 3.05) is 12.9 Å². The summed E-state index contributed by atoms with van der Waals surface area (Å²) < 4.78 is 28.7. The summed E-state index contributed by atoms with van der Waals surface area (Å²) >= 11 is 0. The predicted octanol–water partition coefficient (Wildman–Crippen LogP) is 3.47. The molecule has 0 unspecified atom stereocenters. The van der Waals surface area contributed by atoms with Crippen LogP contribution in [0, 0.1) is 0 Å². The number of rotatable bonds is 7. The number of hydrogen-bond acceptors (Lipinski definition) is 4. The maximum Gasteiger partial charge on any atom is 0.258 e. The zero-order valence-corrected chi connectivity index (χ0v) is 16.3. The van der Waals surface area contributed by atoms with Crippen LogP contribution in [-0.4, -0.2) is 27.2 Å². The van der Waals surface area contributed by atoms with E-state index in [1.807, 2.05) is 31.2 Å². The highest BCUT2D eigenvalue weighted by Gasteiger charge is 2.13. The van der Waals surface area contributed by atoms with Crippen LogP contribution in [0.2, 0.25) is 0 Å². The van der Waals surface area contributed by atoms with Gasteiger partial charge in [-0.05, 0) is 42.2 Å². The summed E-state index contributed by atoms with van der Waals surface area (Å²) in [7, 11) is -3.23. The first-order valence-corrected chi connectivity index (χ1v) is 10.4. The number of sulfone groups is 1. The molecule has 0 aliphatic carbocycles. The number of nitrogens with one attached hydrogen (secondary N) is 1. The maximum atomic E-state index is 12.2. The molecular formula is C20H25NO4S. The Morgan fingerprint density at radius 3 is 2.23 bits per heavy atom. The van der Waals surface area contributed by atoms with E-state index < -0.39 is 9.84 Å². The molecule has 0 aromatic heterocycles. The molecule has 2 aromatic carbocycles. The minimum atomic E-state index is -3.23. The number of ether oxygens (including phenoxy) is 1. The van der Waals surface area contributed by atoms with Gasteiger partial charge in [0.25, 0.3) is 5.91 Å². The minimum Gasteiger partial charge on any atom is -0.483 e. The molecule has 26 heavy (non-hydrogen) atoms. The Hall–Kier alpha value is -2.34. The third-order valence-corrected chi connectivity index (χ3v) is 5.21. The van der Waals surface area contributed by atoms with Gasteiger partial charge in [-0.25, -0.2) is 8.42 Å². The Bertz CT molecular complexity index is 858. The highest BCUT2D eigenvalue weighted by molar-refractivity contribution is 7.90. The lowest BCUT2D eigenvalue weighted by Gasteiger charge is -2.17. The molecule has 5 nitrogen and oxygen atoms in total. The zero-order valence-electron chi connectivity index (χ0n) is 15.5. The van der Waals surface area contributed by atoms with Gasteiger partial charge in [0, 0.05) is 6.26 Å². The van der Waals surface area contributed by atoms with Crippen LogP contribution >= 0.6 is 0 Å². The van der Waals surface area contributed by atoms with Crippen molar-refractivity contribution in [3.8, 4) is 5.75 Å². The molecule has 6 heteroatoms. The van der Waals surface area contributed by atoms with E-state index in [9.17, 15) is 13.2 Å². The third kappa shape index (κ3) is 5.33. The first-order valence-electron chi connectivity index (χ1n) is 8.49. The molecule has 0 saturated carbocycles. The van der Waals surface area contributed by atoms with Crippen molar-refractivity contribution in [2.24, 2.45) is 0 Å². The van der Waals surface area contributed by atoms with Crippen molar-refractivity contribution in [3.05, 3.63) is 59.7 Å². The maximum absolute atomic E-state index is 12.2. The van der Waals surface area contributed by atoms with E-state index in [0.29, 0.717) is 11.7 Å². The number of para-hydroxylation sites is 1. The Kier molecular flexibility index (Phi) is 6.42. The molecule has 0 radical (unpaired) electrons. The van der Waals surface area contributed by atoms with Gasteiger partial charge in [0.05, 0.1) is 10.9 Å². The van der Waals surface area contributed by atoms with Crippen molar-refractivity contribution in [3.63, 3.8) is 0 Å². The molecule has 0 spiro atoms. The summed E-state index contributed by atoms with van der Waals surface area (Å²) in [4.78, 5) is 12.4. The third-order valence-electron chi connectivity index (χ3n) is 4.09. The van der Waals surface area contributed by atoms with Gasteiger partial charge in [0.15, 0.2) is 16.4 Å². The van der Waals surface area contributed by atoms with Crippen LogP contribution in [0.15, 0.2) is 53.4 Å². The van der Waals surface area contributed by atoms with E-state index in [2.05, 4.69) is 19.2 Å². The number of benzene rings is 2. The molecule has 0 heterocycles. The molecule has 140 valence electrons. The Labute approximate surface area is 155 Å². The van der Waals surface area contributed by atoms with Crippen molar-refractivity contribution in [1.29, 1.82) is 0 Å². The number of hydrogen-bond donors (Lipinski definition) is 1. The van der Waals surface area contributed by atoms with E-state index in [0.717, 1.165) is 11.1 Å². The van der Waals surface area contributed by atoms with Crippen molar-refractivity contribution >= 4 is 15.7 Å². The predicted molar refractivity (Wildman–Crippen MR) is 102 cm³/mol. The quantitative estimate of drug-likeness (QED) is 0.804. The summed E-state index contributed by atoms with van der Waals surface area (Å²) in [6.07, 6.45) is 1.17. The van der Waals surface area contributed by atoms with E-state index in [1.54, 1.807) is 24.3 Å². The van der Waals surface area contributed by atoms with Crippen LogP contribution in [0.25, 0.3) is 0 Å². The van der Waals surface area contributed by atoms with E-state index in [-0.39, 0.29) is 23.5 Å². The fourth-order valence-corrected chi connectivity index (χ4v) is 3.23. The second kappa shape index (κ2) is 8.36. The normalized spacial score (nSPS) is 12.7. The van der Waals surface area contributed by atoms with Crippen LogP contribution in [0.4, 0.5) is 0 Å². The van der Waals surface area contributed by atoms with E-state index in [4.69, 9.17) is 4.74 Å². The van der Waals surface area contributed by atoms with Crippen LogP contribution in [-0.2, 0) is 14.6 Å². The Morgan fingerprint density at radius 2 is 1.65 bits per heavy atom. The first kappa shape index (κ1) is 20.0. The van der Waals surface area contributed by atoms with Crippen molar-refractivity contribution in [2.45, 2.75) is 37.6 Å². The van der Waals surface area contributed by atoms with Gasteiger partial charge in [0.2, 0.25) is 0 Å². The van der Waals surface area contributed by atoms with Crippen LogP contribution < -0.4 is 10.1 Å². The number of carbonyl (C=O) groups excluding carboxylic acids is 1. The Morgan fingerprint density at radius 1 is 1.04 bits per heavy atom. The summed E-state index contributed by atoms with van der Waals surface area (Å²) in [6.45, 7) is 5.92. The molecule has 2 aromatic rings. The second-order valence-corrected chi connectivity index (χ2v) is 8.63. The molecule has 1 N–H and O–H groups in total. The van der Waals surface area contributed by atoms with Gasteiger partial charge in [-0.3, -0.25) is 4.79 Å². The summed E-state index contributed by atoms with van der Waals surface area (Å²) in [5.74, 6) is 0.785. The average Bonchev–Trinajstić information content (AvgIpc) is 2.59. The van der Waals surface area contributed by atoms with E-state index >= 15 is 0 Å². The molecule has 0 saturated heterocycles. The van der Waals surface area contributed by atoms with Gasteiger partial charge in [-0.15, -0.1) is 0 Å².